The number of hydrogen-bond donors (Lipinski definition) is 4. The van der Waals surface area contributed by atoms with Crippen LogP contribution in [0.25, 0.3) is 0 Å². The van der Waals surface area contributed by atoms with E-state index in [1.165, 1.54) is 11.8 Å². The minimum absolute atomic E-state index is 0.121. The molecule has 0 saturated carbocycles. The van der Waals surface area contributed by atoms with Gasteiger partial charge in [0.25, 0.3) is 0 Å². The molecule has 0 aliphatic carbocycles. The molecule has 1 aliphatic heterocycles. The van der Waals surface area contributed by atoms with Gasteiger partial charge in [0.2, 0.25) is 11.8 Å². The van der Waals surface area contributed by atoms with Crippen molar-refractivity contribution in [3.05, 3.63) is 24.3 Å². The predicted octanol–water partition coefficient (Wildman–Crippen LogP) is -3.49. The van der Waals surface area contributed by atoms with Crippen LogP contribution in [0.4, 0.5) is 11.4 Å². The van der Waals surface area contributed by atoms with Crippen LogP contribution in [0.1, 0.15) is 13.3 Å². The number of rotatable bonds is 6. The molecule has 1 atom stereocenters. The number of carboxylic acids is 1. The van der Waals surface area contributed by atoms with E-state index in [9.17, 15) is 19.5 Å². The Balaban J connectivity index is 1.92. The first kappa shape index (κ1) is 18.9. The molecule has 1 aliphatic rings. The van der Waals surface area contributed by atoms with Gasteiger partial charge in [-0.1, -0.05) is 0 Å². The molecule has 4 N–H and O–H groups in total. The first-order valence-corrected chi connectivity index (χ1v) is 8.39. The van der Waals surface area contributed by atoms with Crippen molar-refractivity contribution in [3.63, 3.8) is 0 Å². The van der Waals surface area contributed by atoms with Gasteiger partial charge in [-0.15, -0.1) is 0 Å². The van der Waals surface area contributed by atoms with Crippen LogP contribution < -0.4 is 25.5 Å². The highest BCUT2D eigenvalue weighted by Gasteiger charge is 2.30. The lowest BCUT2D eigenvalue weighted by molar-refractivity contribution is -1.01. The molecular weight excluding hydrogens is 324 g/mol. The van der Waals surface area contributed by atoms with Crippen molar-refractivity contribution in [2.45, 2.75) is 19.4 Å². The fourth-order valence-electron chi connectivity index (χ4n) is 2.98. The Morgan fingerprint density at radius 1 is 1.04 bits per heavy atom. The van der Waals surface area contributed by atoms with Crippen LogP contribution in [0.2, 0.25) is 0 Å². The standard InChI is InChI=1S/C17H24N4O4/c1-12(22)18-13-3-5-14(6-4-13)19-16(23)11-15(17(24)25)21-9-7-20(2)8-10-21/h3-6,15H,7-11H2,1-2H3,(H,18,22)(H,19,23)(H,24,25)/p+1/t15-/m1/s1. The van der Waals surface area contributed by atoms with Crippen molar-refractivity contribution >= 4 is 29.2 Å². The van der Waals surface area contributed by atoms with Crippen LogP contribution in [0.5, 0.6) is 0 Å². The zero-order valence-corrected chi connectivity index (χ0v) is 14.6. The van der Waals surface area contributed by atoms with Crippen LogP contribution in [-0.4, -0.2) is 57.1 Å². The van der Waals surface area contributed by atoms with Gasteiger partial charge >= 0.3 is 0 Å². The van der Waals surface area contributed by atoms with Crippen molar-refractivity contribution in [2.24, 2.45) is 0 Å². The van der Waals surface area contributed by atoms with Gasteiger partial charge in [0.15, 0.2) is 0 Å². The number of quaternary nitrogens is 2. The Kier molecular flexibility index (Phi) is 6.49. The molecule has 8 heteroatoms. The van der Waals surface area contributed by atoms with Gasteiger partial charge in [-0.25, -0.2) is 0 Å². The molecule has 136 valence electrons. The summed E-state index contributed by atoms with van der Waals surface area (Å²) in [6.45, 7) is 4.60. The van der Waals surface area contributed by atoms with Gasteiger partial charge in [-0.05, 0) is 24.3 Å². The molecule has 1 fully saturated rings. The number of hydrogen-bond acceptors (Lipinski definition) is 4. The molecule has 2 rings (SSSR count). The van der Waals surface area contributed by atoms with Crippen molar-refractivity contribution < 1.29 is 29.3 Å². The van der Waals surface area contributed by atoms with Gasteiger partial charge in [0, 0.05) is 18.3 Å². The number of carbonyl (C=O) groups excluding carboxylic acids is 3. The number of anilines is 2. The van der Waals surface area contributed by atoms with E-state index in [1.807, 2.05) is 0 Å². The zero-order chi connectivity index (χ0) is 18.4. The summed E-state index contributed by atoms with van der Waals surface area (Å²) in [5, 5.41) is 16.8. The number of likely N-dealkylation sites (N-methyl/N-ethyl adjacent to an activating group) is 1. The fourth-order valence-corrected chi connectivity index (χ4v) is 2.98. The van der Waals surface area contributed by atoms with Gasteiger partial charge in [-0.3, -0.25) is 9.59 Å². The molecule has 1 heterocycles. The van der Waals surface area contributed by atoms with Crippen molar-refractivity contribution in [2.75, 3.05) is 43.9 Å². The van der Waals surface area contributed by atoms with Crippen molar-refractivity contribution in [1.29, 1.82) is 0 Å². The van der Waals surface area contributed by atoms with Crippen molar-refractivity contribution in [3.8, 4) is 0 Å². The van der Waals surface area contributed by atoms with E-state index in [2.05, 4.69) is 17.7 Å². The summed E-state index contributed by atoms with van der Waals surface area (Å²) < 4.78 is 0. The minimum Gasteiger partial charge on any atom is -0.544 e. The Hall–Kier alpha value is -2.45. The maximum Gasteiger partial charge on any atom is 0.230 e. The smallest absolute Gasteiger partial charge is 0.230 e. The van der Waals surface area contributed by atoms with Crippen molar-refractivity contribution in [1.82, 2.24) is 0 Å². The summed E-state index contributed by atoms with van der Waals surface area (Å²) in [4.78, 5) is 36.9. The number of carboxylic acid groups (broad SMARTS) is 1. The summed E-state index contributed by atoms with van der Waals surface area (Å²) in [5.41, 5.74) is 1.18. The molecule has 25 heavy (non-hydrogen) atoms. The number of aliphatic carboxylic acids is 1. The third kappa shape index (κ3) is 5.84. The lowest BCUT2D eigenvalue weighted by Gasteiger charge is -2.33. The molecule has 1 aromatic carbocycles. The predicted molar refractivity (Wildman–Crippen MR) is 90.1 cm³/mol. The van der Waals surface area contributed by atoms with E-state index in [1.54, 1.807) is 24.3 Å². The monoisotopic (exact) mass is 349 g/mol. The summed E-state index contributed by atoms with van der Waals surface area (Å²) in [6, 6.07) is 5.81. The largest absolute Gasteiger partial charge is 0.544 e. The average Bonchev–Trinajstić information content (AvgIpc) is 2.55. The maximum absolute atomic E-state index is 12.2. The molecule has 0 aromatic heterocycles. The normalized spacial score (nSPS) is 21.2. The first-order chi connectivity index (χ1) is 11.8. The van der Waals surface area contributed by atoms with Gasteiger partial charge in [0.05, 0.1) is 19.4 Å². The lowest BCUT2D eigenvalue weighted by Crippen LogP contribution is -3.29. The maximum atomic E-state index is 12.2. The summed E-state index contributed by atoms with van der Waals surface area (Å²) in [7, 11) is 2.07. The molecule has 2 amide bonds. The van der Waals surface area contributed by atoms with Gasteiger partial charge < -0.3 is 30.3 Å². The van der Waals surface area contributed by atoms with E-state index in [-0.39, 0.29) is 18.2 Å². The third-order valence-corrected chi connectivity index (χ3v) is 4.40. The second kappa shape index (κ2) is 8.59. The molecule has 1 aromatic rings. The Labute approximate surface area is 146 Å². The Morgan fingerprint density at radius 3 is 2.04 bits per heavy atom. The summed E-state index contributed by atoms with van der Waals surface area (Å²) in [5.74, 6) is -1.73. The molecule has 0 bridgehead atoms. The number of amides is 2. The van der Waals surface area contributed by atoms with E-state index in [0.717, 1.165) is 18.0 Å². The lowest BCUT2D eigenvalue weighted by atomic mass is 10.1. The zero-order valence-electron chi connectivity index (χ0n) is 14.6. The van der Waals surface area contributed by atoms with Crippen LogP contribution in [-0.2, 0) is 14.4 Å². The second-order valence-corrected chi connectivity index (χ2v) is 6.50. The topological polar surface area (TPSA) is 107 Å². The van der Waals surface area contributed by atoms with Crippen LogP contribution >= 0.6 is 0 Å². The van der Waals surface area contributed by atoms with Crippen LogP contribution in [0.3, 0.4) is 0 Å². The van der Waals surface area contributed by atoms with Crippen LogP contribution in [0.15, 0.2) is 24.3 Å². The summed E-state index contributed by atoms with van der Waals surface area (Å²) >= 11 is 0. The minimum atomic E-state index is -1.19. The molecule has 0 unspecified atom stereocenters. The van der Waals surface area contributed by atoms with Gasteiger partial charge in [0.1, 0.15) is 32.2 Å². The molecular formula is C17H25N4O4+. The molecule has 8 nitrogen and oxygen atoms in total. The Bertz CT molecular complexity index is 624. The SMILES string of the molecule is CC(=O)Nc1ccc(NC(=O)C[C@H](C(=O)[O-])[NH+]2CC[NH+](C)CC2)cc1. The summed E-state index contributed by atoms with van der Waals surface area (Å²) in [6.07, 6.45) is -0.121. The second-order valence-electron chi connectivity index (χ2n) is 6.50. The highest BCUT2D eigenvalue weighted by molar-refractivity contribution is 5.94. The fraction of sp³-hybridized carbons (Fsp3) is 0.471. The van der Waals surface area contributed by atoms with E-state index >= 15 is 0 Å². The number of carbonyl (C=O) groups is 3. The van der Waals surface area contributed by atoms with Gasteiger partial charge in [-0.2, -0.15) is 0 Å². The van der Waals surface area contributed by atoms with E-state index in [4.69, 9.17) is 0 Å². The molecule has 0 radical (unpaired) electrons. The Morgan fingerprint density at radius 2 is 1.56 bits per heavy atom. The highest BCUT2D eigenvalue weighted by Crippen LogP contribution is 2.13. The number of benzene rings is 1. The quantitative estimate of drug-likeness (QED) is 0.428. The van der Waals surface area contributed by atoms with E-state index in [0.29, 0.717) is 24.5 Å². The first-order valence-electron chi connectivity index (χ1n) is 8.39. The molecule has 1 saturated heterocycles. The van der Waals surface area contributed by atoms with Crippen LogP contribution in [0, 0.1) is 0 Å². The average molecular weight is 349 g/mol. The number of piperazine rings is 1. The highest BCUT2D eigenvalue weighted by atomic mass is 16.4. The van der Waals surface area contributed by atoms with E-state index < -0.39 is 12.0 Å². The number of nitrogens with one attached hydrogen (secondary N) is 4. The third-order valence-electron chi connectivity index (χ3n) is 4.40. The molecule has 0 spiro atoms.